The predicted octanol–water partition coefficient (Wildman–Crippen LogP) is 3.38. The van der Waals surface area contributed by atoms with Gasteiger partial charge in [0.15, 0.2) is 0 Å². The summed E-state index contributed by atoms with van der Waals surface area (Å²) >= 11 is 0. The molecule has 0 saturated heterocycles. The molecule has 0 radical (unpaired) electrons. The first-order valence-corrected chi connectivity index (χ1v) is 6.99. The number of phenolic OH excluding ortho intramolecular Hbond substituents is 1. The lowest BCUT2D eigenvalue weighted by Gasteiger charge is -2.24. The van der Waals surface area contributed by atoms with Crippen LogP contribution in [0.5, 0.6) is 5.75 Å². The van der Waals surface area contributed by atoms with Crippen molar-refractivity contribution in [3.8, 4) is 5.75 Å². The largest absolute Gasteiger partial charge is 0.508 e. The summed E-state index contributed by atoms with van der Waals surface area (Å²) < 4.78 is 0. The molecule has 1 amide bonds. The summed E-state index contributed by atoms with van der Waals surface area (Å²) in [5, 5.41) is 9.67. The van der Waals surface area contributed by atoms with E-state index in [4.69, 9.17) is 0 Å². The number of phenols is 1. The van der Waals surface area contributed by atoms with Crippen LogP contribution < -0.4 is 4.90 Å². The Kier molecular flexibility index (Phi) is 4.26. The van der Waals surface area contributed by atoms with E-state index in [1.54, 1.807) is 29.2 Å². The average molecular weight is 284 g/mol. The highest BCUT2D eigenvalue weighted by molar-refractivity contribution is 6.07. The molecule has 0 aliphatic carbocycles. The van der Waals surface area contributed by atoms with Crippen molar-refractivity contribution in [3.63, 3.8) is 0 Å². The Labute approximate surface area is 125 Å². The molecular weight excluding hydrogens is 264 g/mol. The quantitative estimate of drug-likeness (QED) is 0.940. The zero-order chi connectivity index (χ0) is 15.6. The van der Waals surface area contributed by atoms with Crippen LogP contribution in [0, 0.1) is 20.8 Å². The lowest BCUT2D eigenvalue weighted by atomic mass is 10.1. The fourth-order valence-corrected chi connectivity index (χ4v) is 2.37. The van der Waals surface area contributed by atoms with Crippen LogP contribution in [-0.4, -0.2) is 22.5 Å². The second kappa shape index (κ2) is 5.95. The van der Waals surface area contributed by atoms with Gasteiger partial charge in [-0.1, -0.05) is 6.07 Å². The SMILES string of the molecule is CCN(C(=O)c1ccc(C)nc1C)c1cc(O)ccc1C. The summed E-state index contributed by atoms with van der Waals surface area (Å²) in [6.07, 6.45) is 0. The van der Waals surface area contributed by atoms with Crippen molar-refractivity contribution in [1.29, 1.82) is 0 Å². The van der Waals surface area contributed by atoms with Crippen LogP contribution in [0.15, 0.2) is 30.3 Å². The van der Waals surface area contributed by atoms with Gasteiger partial charge in [0.1, 0.15) is 5.75 Å². The molecule has 21 heavy (non-hydrogen) atoms. The number of anilines is 1. The van der Waals surface area contributed by atoms with Crippen LogP contribution in [0.2, 0.25) is 0 Å². The number of aryl methyl sites for hydroxylation is 3. The third-order valence-electron chi connectivity index (χ3n) is 3.50. The summed E-state index contributed by atoms with van der Waals surface area (Å²) in [6, 6.07) is 8.69. The first-order valence-electron chi connectivity index (χ1n) is 6.99. The van der Waals surface area contributed by atoms with Gasteiger partial charge in [0.25, 0.3) is 5.91 Å². The number of carbonyl (C=O) groups excluding carboxylic acids is 1. The summed E-state index contributed by atoms with van der Waals surface area (Å²) in [6.45, 7) is 8.10. The topological polar surface area (TPSA) is 53.4 Å². The Morgan fingerprint density at radius 1 is 1.19 bits per heavy atom. The van der Waals surface area contributed by atoms with Crippen molar-refractivity contribution in [1.82, 2.24) is 4.98 Å². The molecule has 1 heterocycles. The number of aromatic nitrogens is 1. The lowest BCUT2D eigenvalue weighted by molar-refractivity contribution is 0.0987. The highest BCUT2D eigenvalue weighted by Crippen LogP contribution is 2.26. The number of carbonyl (C=O) groups is 1. The Hall–Kier alpha value is -2.36. The fourth-order valence-electron chi connectivity index (χ4n) is 2.37. The van der Waals surface area contributed by atoms with Gasteiger partial charge in [-0.3, -0.25) is 9.78 Å². The van der Waals surface area contributed by atoms with Crippen LogP contribution in [0.3, 0.4) is 0 Å². The molecule has 0 atom stereocenters. The minimum absolute atomic E-state index is 0.101. The normalized spacial score (nSPS) is 10.5. The molecule has 1 N–H and O–H groups in total. The summed E-state index contributed by atoms with van der Waals surface area (Å²) in [5.41, 5.74) is 3.87. The number of hydrogen-bond donors (Lipinski definition) is 1. The van der Waals surface area contributed by atoms with Gasteiger partial charge in [-0.25, -0.2) is 0 Å². The summed E-state index contributed by atoms with van der Waals surface area (Å²) in [5.74, 6) is 0.0526. The van der Waals surface area contributed by atoms with Crippen LogP contribution in [0.25, 0.3) is 0 Å². The maximum atomic E-state index is 12.8. The van der Waals surface area contributed by atoms with Crippen LogP contribution in [0.4, 0.5) is 5.69 Å². The van der Waals surface area contributed by atoms with Crippen molar-refractivity contribution in [3.05, 3.63) is 52.8 Å². The van der Waals surface area contributed by atoms with E-state index in [-0.39, 0.29) is 11.7 Å². The van der Waals surface area contributed by atoms with Crippen molar-refractivity contribution >= 4 is 11.6 Å². The third kappa shape index (κ3) is 3.05. The molecule has 2 aromatic rings. The van der Waals surface area contributed by atoms with Gasteiger partial charge in [0.2, 0.25) is 0 Å². The van der Waals surface area contributed by atoms with E-state index in [0.29, 0.717) is 12.1 Å². The number of nitrogens with zero attached hydrogens (tertiary/aromatic N) is 2. The molecule has 4 heteroatoms. The molecule has 0 fully saturated rings. The highest BCUT2D eigenvalue weighted by Gasteiger charge is 2.20. The first-order chi connectivity index (χ1) is 9.93. The molecule has 110 valence electrons. The standard InChI is InChI=1S/C17H20N2O2/c1-5-19(16-10-14(20)8-6-11(16)2)17(21)15-9-7-12(3)18-13(15)4/h6-10,20H,5H2,1-4H3. The molecule has 0 aliphatic rings. The molecule has 1 aromatic heterocycles. The van der Waals surface area contributed by atoms with Gasteiger partial charge in [0, 0.05) is 18.3 Å². The van der Waals surface area contributed by atoms with Gasteiger partial charge < -0.3 is 10.0 Å². The second-order valence-corrected chi connectivity index (χ2v) is 5.11. The molecule has 0 spiro atoms. The van der Waals surface area contributed by atoms with Crippen LogP contribution in [0.1, 0.15) is 34.2 Å². The van der Waals surface area contributed by atoms with Crippen molar-refractivity contribution < 1.29 is 9.90 Å². The molecule has 1 aromatic carbocycles. The number of benzene rings is 1. The van der Waals surface area contributed by atoms with E-state index in [1.165, 1.54) is 0 Å². The maximum absolute atomic E-state index is 12.8. The summed E-state index contributed by atoms with van der Waals surface area (Å²) in [7, 11) is 0. The minimum atomic E-state index is -0.101. The maximum Gasteiger partial charge on any atom is 0.260 e. The number of rotatable bonds is 3. The molecule has 4 nitrogen and oxygen atoms in total. The number of aromatic hydroxyl groups is 1. The van der Waals surface area contributed by atoms with E-state index < -0.39 is 0 Å². The van der Waals surface area contributed by atoms with Crippen molar-refractivity contribution in [2.24, 2.45) is 0 Å². The molecule has 0 bridgehead atoms. The Morgan fingerprint density at radius 2 is 1.90 bits per heavy atom. The predicted molar refractivity (Wildman–Crippen MR) is 83.9 cm³/mol. The highest BCUT2D eigenvalue weighted by atomic mass is 16.3. The van der Waals surface area contributed by atoms with Gasteiger partial charge in [-0.05, 0) is 51.5 Å². The van der Waals surface area contributed by atoms with Crippen LogP contribution in [-0.2, 0) is 0 Å². The summed E-state index contributed by atoms with van der Waals surface area (Å²) in [4.78, 5) is 18.8. The smallest absolute Gasteiger partial charge is 0.260 e. The molecule has 0 saturated carbocycles. The third-order valence-corrected chi connectivity index (χ3v) is 3.50. The van der Waals surface area contributed by atoms with E-state index >= 15 is 0 Å². The monoisotopic (exact) mass is 284 g/mol. The fraction of sp³-hybridized carbons (Fsp3) is 0.294. The zero-order valence-electron chi connectivity index (χ0n) is 12.8. The average Bonchev–Trinajstić information content (AvgIpc) is 2.43. The molecule has 2 rings (SSSR count). The molecule has 0 aliphatic heterocycles. The Balaban J connectivity index is 2.45. The number of amides is 1. The second-order valence-electron chi connectivity index (χ2n) is 5.11. The number of pyridine rings is 1. The lowest BCUT2D eigenvalue weighted by Crippen LogP contribution is -2.32. The minimum Gasteiger partial charge on any atom is -0.508 e. The van der Waals surface area contributed by atoms with E-state index in [1.807, 2.05) is 33.8 Å². The number of hydrogen-bond acceptors (Lipinski definition) is 3. The van der Waals surface area contributed by atoms with Gasteiger partial charge >= 0.3 is 0 Å². The van der Waals surface area contributed by atoms with Gasteiger partial charge in [0.05, 0.1) is 16.9 Å². The first kappa shape index (κ1) is 15.0. The van der Waals surface area contributed by atoms with E-state index in [0.717, 1.165) is 22.6 Å². The Bertz CT molecular complexity index is 680. The molecular formula is C17H20N2O2. The van der Waals surface area contributed by atoms with Gasteiger partial charge in [-0.15, -0.1) is 0 Å². The zero-order valence-corrected chi connectivity index (χ0v) is 12.8. The van der Waals surface area contributed by atoms with Crippen LogP contribution >= 0.6 is 0 Å². The van der Waals surface area contributed by atoms with Gasteiger partial charge in [-0.2, -0.15) is 0 Å². The van der Waals surface area contributed by atoms with Crippen molar-refractivity contribution in [2.45, 2.75) is 27.7 Å². The van der Waals surface area contributed by atoms with Crippen molar-refractivity contribution in [2.75, 3.05) is 11.4 Å². The van der Waals surface area contributed by atoms with E-state index in [9.17, 15) is 9.90 Å². The Morgan fingerprint density at radius 3 is 2.52 bits per heavy atom. The molecule has 0 unspecified atom stereocenters. The van der Waals surface area contributed by atoms with E-state index in [2.05, 4.69) is 4.98 Å².